The molecule has 17 rings (SSSR count). The van der Waals surface area contributed by atoms with Crippen LogP contribution < -0.4 is 62.2 Å². The van der Waals surface area contributed by atoms with Gasteiger partial charge in [0.25, 0.3) is 13.4 Å². The molecule has 6 heterocycles. The van der Waals surface area contributed by atoms with Crippen LogP contribution in [-0.4, -0.2) is 23.4 Å². The van der Waals surface area contributed by atoms with Gasteiger partial charge in [-0.1, -0.05) is 188 Å². The second kappa shape index (κ2) is 20.2. The first-order valence-corrected chi connectivity index (χ1v) is 29.4. The van der Waals surface area contributed by atoms with Gasteiger partial charge in [-0.25, -0.2) is 9.97 Å². The summed E-state index contributed by atoms with van der Waals surface area (Å²) < 4.78 is 0. The van der Waals surface area contributed by atoms with Crippen LogP contribution in [0.5, 0.6) is 0 Å². The lowest BCUT2D eigenvalue weighted by molar-refractivity contribution is 1.12. The number of aromatic nitrogens is 2. The molecule has 4 aliphatic rings. The third-order valence-corrected chi connectivity index (χ3v) is 17.3. The molecule has 0 atom stereocenters. The van der Waals surface area contributed by atoms with E-state index in [9.17, 15) is 0 Å². The van der Waals surface area contributed by atoms with Crippen molar-refractivity contribution in [1.82, 2.24) is 9.97 Å². The molecule has 11 aromatic carbocycles. The maximum Gasteiger partial charge on any atom is 0.254 e. The molecule has 0 N–H and O–H groups in total. The number of pyridine rings is 2. The van der Waals surface area contributed by atoms with Gasteiger partial charge in [0, 0.05) is 91.8 Å². The van der Waals surface area contributed by atoms with Gasteiger partial charge in [-0.15, -0.1) is 0 Å². The summed E-state index contributed by atoms with van der Waals surface area (Å²) in [5, 5.41) is 0. The van der Waals surface area contributed by atoms with E-state index in [-0.39, 0.29) is 13.4 Å². The molecular formula is C76H52B2N8. The number of anilines is 18. The summed E-state index contributed by atoms with van der Waals surface area (Å²) in [5.74, 6) is 3.36. The number of rotatable bonds is 10. The molecule has 0 saturated carbocycles. The first-order chi connectivity index (χ1) is 42.7. The van der Waals surface area contributed by atoms with E-state index >= 15 is 0 Å². The van der Waals surface area contributed by atoms with Crippen molar-refractivity contribution in [2.24, 2.45) is 0 Å². The average Bonchev–Trinajstić information content (AvgIpc) is 0.706. The highest BCUT2D eigenvalue weighted by Gasteiger charge is 2.49. The molecule has 0 amide bonds. The molecule has 0 radical (unpaired) electrons. The predicted molar refractivity (Wildman–Crippen MR) is 359 cm³/mol. The Morgan fingerprint density at radius 3 is 0.837 bits per heavy atom. The minimum absolute atomic E-state index is 0.226. The molecule has 0 bridgehead atoms. The third-order valence-electron chi connectivity index (χ3n) is 17.3. The van der Waals surface area contributed by atoms with E-state index in [0.29, 0.717) is 0 Å². The smallest absolute Gasteiger partial charge is 0.254 e. The van der Waals surface area contributed by atoms with Gasteiger partial charge >= 0.3 is 0 Å². The number of benzene rings is 11. The quantitative estimate of drug-likeness (QED) is 0.126. The highest BCUT2D eigenvalue weighted by Crippen LogP contribution is 2.51. The number of nitrogens with zero attached hydrogens (tertiary/aromatic N) is 8. The molecule has 0 saturated heterocycles. The lowest BCUT2D eigenvalue weighted by atomic mass is 9.30. The van der Waals surface area contributed by atoms with Gasteiger partial charge in [-0.05, 0) is 148 Å². The van der Waals surface area contributed by atoms with Gasteiger partial charge in [0.2, 0.25) is 0 Å². The first kappa shape index (κ1) is 49.3. The Balaban J connectivity index is 0.995. The fourth-order valence-corrected chi connectivity index (χ4v) is 13.8. The molecule has 0 spiro atoms. The maximum absolute atomic E-state index is 5.97. The molecule has 0 fully saturated rings. The van der Waals surface area contributed by atoms with E-state index in [1.54, 1.807) is 0 Å². The van der Waals surface area contributed by atoms with Gasteiger partial charge in [0.05, 0.1) is 0 Å². The van der Waals surface area contributed by atoms with Crippen LogP contribution in [0.25, 0.3) is 0 Å². The van der Waals surface area contributed by atoms with Crippen molar-refractivity contribution in [3.63, 3.8) is 0 Å². The minimum atomic E-state index is -0.226. The first-order valence-electron chi connectivity index (χ1n) is 29.4. The van der Waals surface area contributed by atoms with Gasteiger partial charge in [-0.3, -0.25) is 19.6 Å². The van der Waals surface area contributed by atoms with Gasteiger partial charge in [0.1, 0.15) is 23.3 Å². The second-order valence-corrected chi connectivity index (χ2v) is 22.1. The zero-order chi connectivity index (χ0) is 56.7. The van der Waals surface area contributed by atoms with Gasteiger partial charge in [0.15, 0.2) is 0 Å². The van der Waals surface area contributed by atoms with Crippen LogP contribution in [0.3, 0.4) is 0 Å². The van der Waals surface area contributed by atoms with Crippen molar-refractivity contribution in [3.8, 4) is 0 Å². The van der Waals surface area contributed by atoms with Crippen LogP contribution >= 0.6 is 0 Å². The lowest BCUT2D eigenvalue weighted by Crippen LogP contribution is -2.65. The fourth-order valence-electron chi connectivity index (χ4n) is 13.8. The Kier molecular flexibility index (Phi) is 11.6. The van der Waals surface area contributed by atoms with E-state index in [0.717, 1.165) is 114 Å². The largest absolute Gasteiger partial charge is 0.311 e. The van der Waals surface area contributed by atoms with Crippen LogP contribution in [0.1, 0.15) is 0 Å². The Morgan fingerprint density at radius 2 is 0.512 bits per heavy atom. The number of fused-ring (bicyclic) bond motifs is 8. The second-order valence-electron chi connectivity index (χ2n) is 22.1. The van der Waals surface area contributed by atoms with Crippen molar-refractivity contribution in [3.05, 3.63) is 315 Å². The van der Waals surface area contributed by atoms with Crippen LogP contribution in [-0.2, 0) is 0 Å². The zero-order valence-electron chi connectivity index (χ0n) is 46.8. The Labute approximate surface area is 501 Å². The van der Waals surface area contributed by atoms with Crippen LogP contribution in [0.2, 0.25) is 0 Å². The maximum atomic E-state index is 5.97. The van der Waals surface area contributed by atoms with Crippen molar-refractivity contribution in [2.45, 2.75) is 0 Å². The standard InChI is InChI=1S/C76H52B2N8/c1-9-29-53(30-10-1)81(54-31-11-2-12-32-54)71-51-69-73-75(79-71)85(59-41-21-7-22-42-59)65-47-27-25-45-61(65)77(73)63-49-64-68(50-67(63)83(69)57-37-17-5-18-38-57)84(58-39-19-6-20-40-58)70-52-72(82(55-33-13-3-14-34-55)56-35-15-4-16-36-56)80-76-74(70)78(64)62-46-26-28-48-66(62)86(76)60-43-23-8-24-44-60/h1-52H. The van der Waals surface area contributed by atoms with E-state index in [1.807, 2.05) is 0 Å². The fraction of sp³-hybridized carbons (Fsp3) is 0. The van der Waals surface area contributed by atoms with Gasteiger partial charge in [-0.2, -0.15) is 0 Å². The summed E-state index contributed by atoms with van der Waals surface area (Å²) in [5.41, 5.74) is 21.8. The van der Waals surface area contributed by atoms with Crippen LogP contribution in [0.4, 0.5) is 103 Å². The van der Waals surface area contributed by atoms with Gasteiger partial charge < -0.3 is 9.80 Å². The molecule has 2 aromatic heterocycles. The summed E-state index contributed by atoms with van der Waals surface area (Å²) in [6.07, 6.45) is 0. The average molecular weight is 1100 g/mol. The Hall–Kier alpha value is -11.4. The molecule has 402 valence electrons. The topological polar surface area (TPSA) is 45.2 Å². The number of hydrogen-bond donors (Lipinski definition) is 0. The minimum Gasteiger partial charge on any atom is -0.311 e. The van der Waals surface area contributed by atoms with Crippen molar-refractivity contribution < 1.29 is 0 Å². The molecule has 10 heteroatoms. The summed E-state index contributed by atoms with van der Waals surface area (Å²) in [6.45, 7) is -0.451. The SMILES string of the molecule is c1ccc(N(c2ccccc2)c2cc3c4c(n2)N(c2ccccc2)c2ccccc2B4c2cc4c(cc2N3c2ccccc2)N(c2ccccc2)c2cc(N(c3ccccc3)c3ccccc3)nc3c2B4c2ccccc2N3c2ccccc2)cc1. The van der Waals surface area contributed by atoms with E-state index in [2.05, 4.69) is 345 Å². The highest BCUT2D eigenvalue weighted by molar-refractivity contribution is 7.03. The van der Waals surface area contributed by atoms with E-state index < -0.39 is 0 Å². The lowest BCUT2D eigenvalue weighted by Gasteiger charge is -2.47. The normalized spacial score (nSPS) is 13.0. The summed E-state index contributed by atoms with van der Waals surface area (Å²) in [6, 6.07) is 114. The summed E-state index contributed by atoms with van der Waals surface area (Å²) in [7, 11) is 0. The summed E-state index contributed by atoms with van der Waals surface area (Å²) in [4.78, 5) is 26.3. The number of para-hydroxylation sites is 10. The molecule has 0 unspecified atom stereocenters. The molecule has 0 aliphatic carbocycles. The van der Waals surface area contributed by atoms with Crippen molar-refractivity contribution in [2.75, 3.05) is 29.4 Å². The Morgan fingerprint density at radius 1 is 0.233 bits per heavy atom. The molecular weight excluding hydrogens is 1050 g/mol. The van der Waals surface area contributed by atoms with Crippen LogP contribution in [0.15, 0.2) is 315 Å². The molecule has 13 aromatic rings. The summed E-state index contributed by atoms with van der Waals surface area (Å²) >= 11 is 0. The van der Waals surface area contributed by atoms with Crippen molar-refractivity contribution >= 4 is 149 Å². The van der Waals surface area contributed by atoms with Crippen LogP contribution in [0, 0.1) is 0 Å². The van der Waals surface area contributed by atoms with E-state index in [4.69, 9.17) is 9.97 Å². The molecule has 86 heavy (non-hydrogen) atoms. The molecule has 8 nitrogen and oxygen atoms in total. The predicted octanol–water partition coefficient (Wildman–Crippen LogP) is 15.6. The zero-order valence-corrected chi connectivity index (χ0v) is 46.8. The van der Waals surface area contributed by atoms with Crippen molar-refractivity contribution in [1.29, 1.82) is 0 Å². The number of hydrogen-bond acceptors (Lipinski definition) is 8. The molecule has 4 aliphatic heterocycles. The monoisotopic (exact) mass is 1100 g/mol. The van der Waals surface area contributed by atoms with E-state index in [1.165, 1.54) is 21.9 Å². The highest BCUT2D eigenvalue weighted by atomic mass is 15.3. The Bertz CT molecular complexity index is 4310. The third kappa shape index (κ3) is 7.80.